The largest absolute Gasteiger partial charge is 0.494 e. The van der Waals surface area contributed by atoms with Gasteiger partial charge in [-0.2, -0.15) is 0 Å². The van der Waals surface area contributed by atoms with Crippen molar-refractivity contribution in [2.24, 2.45) is 0 Å². The van der Waals surface area contributed by atoms with E-state index in [1.165, 1.54) is 19.3 Å². The van der Waals surface area contributed by atoms with Crippen LogP contribution >= 0.6 is 0 Å². The third-order valence-electron chi connectivity index (χ3n) is 5.95. The lowest BCUT2D eigenvalue weighted by Crippen LogP contribution is -2.58. The summed E-state index contributed by atoms with van der Waals surface area (Å²) in [6.07, 6.45) is 5.68. The fraction of sp³-hybridized carbons (Fsp3) is 0.480. The Morgan fingerprint density at radius 3 is 2.45 bits per heavy atom. The second-order valence-electron chi connectivity index (χ2n) is 8.11. The van der Waals surface area contributed by atoms with Crippen LogP contribution in [0.5, 0.6) is 5.75 Å². The second-order valence-corrected chi connectivity index (χ2v) is 8.11. The van der Waals surface area contributed by atoms with E-state index in [1.807, 2.05) is 41.3 Å². The number of ether oxygens (including phenoxy) is 1. The van der Waals surface area contributed by atoms with Gasteiger partial charge in [0.2, 0.25) is 0 Å². The van der Waals surface area contributed by atoms with Gasteiger partial charge in [0.05, 0.1) is 12.2 Å². The molecular formula is C25H34N2O2. The first kappa shape index (κ1) is 21.2. The van der Waals surface area contributed by atoms with Crippen molar-refractivity contribution >= 4 is 11.6 Å². The van der Waals surface area contributed by atoms with Gasteiger partial charge in [0.15, 0.2) is 0 Å². The summed E-state index contributed by atoms with van der Waals surface area (Å²) >= 11 is 0. The number of hydrogen-bond acceptors (Lipinski definition) is 3. The molecule has 29 heavy (non-hydrogen) atoms. The highest BCUT2D eigenvalue weighted by atomic mass is 16.5. The second kappa shape index (κ2) is 9.34. The van der Waals surface area contributed by atoms with E-state index in [9.17, 15) is 4.79 Å². The molecule has 2 aromatic carbocycles. The summed E-state index contributed by atoms with van der Waals surface area (Å²) in [7, 11) is 0. The molecule has 4 heteroatoms. The van der Waals surface area contributed by atoms with Crippen molar-refractivity contribution in [3.63, 3.8) is 0 Å². The molecule has 2 atom stereocenters. The molecule has 0 saturated carbocycles. The minimum Gasteiger partial charge on any atom is -0.494 e. The molecule has 4 nitrogen and oxygen atoms in total. The van der Waals surface area contributed by atoms with Gasteiger partial charge in [0.1, 0.15) is 11.4 Å². The number of fused-ring (bicyclic) bond motifs is 1. The van der Waals surface area contributed by atoms with Crippen LogP contribution in [0.3, 0.4) is 0 Å². The van der Waals surface area contributed by atoms with Gasteiger partial charge < -0.3 is 15.0 Å². The topological polar surface area (TPSA) is 41.6 Å². The van der Waals surface area contributed by atoms with E-state index < -0.39 is 5.66 Å². The van der Waals surface area contributed by atoms with Crippen LogP contribution in [0.1, 0.15) is 75.7 Å². The van der Waals surface area contributed by atoms with Crippen LogP contribution < -0.4 is 10.1 Å². The van der Waals surface area contributed by atoms with Crippen LogP contribution in [0.15, 0.2) is 48.5 Å². The number of anilines is 1. The van der Waals surface area contributed by atoms with Gasteiger partial charge in [-0.3, -0.25) is 4.79 Å². The molecular weight excluding hydrogens is 360 g/mol. The number of hydrogen-bond donors (Lipinski definition) is 1. The molecule has 0 aliphatic carbocycles. The molecule has 0 bridgehead atoms. The standard InChI is InChI=1S/C25H34N2O2/c1-5-7-8-11-18-29-21-16-14-20(15-17-21)25(4)26-23-13-10-9-12-22(23)24(28)27(25)19(3)6-2/h9-10,12-17,19,26H,5-8,11,18H2,1-4H3. The van der Waals surface area contributed by atoms with Crippen molar-refractivity contribution in [1.29, 1.82) is 0 Å². The predicted molar refractivity (Wildman–Crippen MR) is 119 cm³/mol. The Balaban J connectivity index is 1.84. The first-order valence-corrected chi connectivity index (χ1v) is 11.0. The number of carbonyl (C=O) groups is 1. The van der Waals surface area contributed by atoms with Crippen LogP contribution in [0.4, 0.5) is 5.69 Å². The van der Waals surface area contributed by atoms with Crippen LogP contribution in [0.25, 0.3) is 0 Å². The van der Waals surface area contributed by atoms with E-state index in [-0.39, 0.29) is 11.9 Å². The fourth-order valence-electron chi connectivity index (χ4n) is 4.06. The van der Waals surface area contributed by atoms with Crippen LogP contribution in [0, 0.1) is 0 Å². The summed E-state index contributed by atoms with van der Waals surface area (Å²) in [5.41, 5.74) is 2.06. The summed E-state index contributed by atoms with van der Waals surface area (Å²) in [6, 6.07) is 16.1. The SMILES string of the molecule is CCCCCCOc1ccc(C2(C)Nc3ccccc3C(=O)N2C(C)CC)cc1. The Labute approximate surface area is 175 Å². The number of carbonyl (C=O) groups excluding carboxylic acids is 1. The molecule has 0 saturated heterocycles. The van der Waals surface area contributed by atoms with Crippen molar-refractivity contribution in [1.82, 2.24) is 4.90 Å². The maximum atomic E-state index is 13.4. The molecule has 1 aliphatic heterocycles. The van der Waals surface area contributed by atoms with E-state index in [0.717, 1.165) is 42.0 Å². The van der Waals surface area contributed by atoms with Crippen molar-refractivity contribution < 1.29 is 9.53 Å². The Bertz CT molecular complexity index is 818. The normalized spacial score (nSPS) is 19.4. The number of unbranched alkanes of at least 4 members (excludes halogenated alkanes) is 3. The lowest BCUT2D eigenvalue weighted by Gasteiger charge is -2.49. The first-order chi connectivity index (χ1) is 14.0. The maximum absolute atomic E-state index is 13.4. The van der Waals surface area contributed by atoms with Crippen LogP contribution in [0.2, 0.25) is 0 Å². The first-order valence-electron chi connectivity index (χ1n) is 11.0. The molecule has 3 rings (SSSR count). The summed E-state index contributed by atoms with van der Waals surface area (Å²) in [4.78, 5) is 15.3. The number of nitrogens with zero attached hydrogens (tertiary/aromatic N) is 1. The quantitative estimate of drug-likeness (QED) is 0.516. The number of nitrogens with one attached hydrogen (secondary N) is 1. The zero-order chi connectivity index (χ0) is 20.9. The van der Waals surface area contributed by atoms with Gasteiger partial charge in [-0.25, -0.2) is 0 Å². The average Bonchev–Trinajstić information content (AvgIpc) is 2.74. The zero-order valence-electron chi connectivity index (χ0n) is 18.2. The molecule has 2 unspecified atom stereocenters. The molecule has 0 spiro atoms. The number of amides is 1. The van der Waals surface area contributed by atoms with E-state index in [0.29, 0.717) is 0 Å². The van der Waals surface area contributed by atoms with Crippen molar-refractivity contribution in [2.75, 3.05) is 11.9 Å². The maximum Gasteiger partial charge on any atom is 0.258 e. The molecule has 0 aromatic heterocycles. The molecule has 1 heterocycles. The smallest absolute Gasteiger partial charge is 0.258 e. The van der Waals surface area contributed by atoms with Gasteiger partial charge in [0.25, 0.3) is 5.91 Å². The molecule has 0 radical (unpaired) electrons. The van der Waals surface area contributed by atoms with Gasteiger partial charge in [-0.05, 0) is 56.5 Å². The fourth-order valence-corrected chi connectivity index (χ4v) is 4.06. The summed E-state index contributed by atoms with van der Waals surface area (Å²) in [5.74, 6) is 0.957. The Morgan fingerprint density at radius 1 is 1.03 bits per heavy atom. The van der Waals surface area contributed by atoms with E-state index in [2.05, 4.69) is 45.1 Å². The highest BCUT2D eigenvalue weighted by molar-refractivity contribution is 6.02. The summed E-state index contributed by atoms with van der Waals surface area (Å²) < 4.78 is 5.90. The molecule has 2 aromatic rings. The lowest BCUT2D eigenvalue weighted by atomic mass is 9.91. The Morgan fingerprint density at radius 2 is 1.76 bits per heavy atom. The van der Waals surface area contributed by atoms with Gasteiger partial charge >= 0.3 is 0 Å². The molecule has 0 fully saturated rings. The number of benzene rings is 2. The molecule has 156 valence electrons. The molecule has 1 aliphatic rings. The van der Waals surface area contributed by atoms with Gasteiger partial charge in [-0.1, -0.05) is 57.4 Å². The van der Waals surface area contributed by atoms with E-state index >= 15 is 0 Å². The molecule has 1 amide bonds. The van der Waals surface area contributed by atoms with Crippen molar-refractivity contribution in [2.45, 2.75) is 71.5 Å². The Hall–Kier alpha value is -2.49. The van der Waals surface area contributed by atoms with Gasteiger partial charge in [-0.15, -0.1) is 0 Å². The monoisotopic (exact) mass is 394 g/mol. The van der Waals surface area contributed by atoms with Crippen molar-refractivity contribution in [3.8, 4) is 5.75 Å². The van der Waals surface area contributed by atoms with Crippen LogP contribution in [-0.2, 0) is 5.66 Å². The Kier molecular flexibility index (Phi) is 6.83. The van der Waals surface area contributed by atoms with E-state index in [4.69, 9.17) is 4.74 Å². The summed E-state index contributed by atoms with van der Waals surface area (Å²) in [6.45, 7) is 9.28. The highest BCUT2D eigenvalue weighted by Crippen LogP contribution is 2.39. The lowest BCUT2D eigenvalue weighted by molar-refractivity contribution is 0.0399. The molecule has 1 N–H and O–H groups in total. The minimum atomic E-state index is -0.611. The summed E-state index contributed by atoms with van der Waals surface area (Å²) in [5, 5.41) is 3.64. The van der Waals surface area contributed by atoms with E-state index in [1.54, 1.807) is 0 Å². The average molecular weight is 395 g/mol. The van der Waals surface area contributed by atoms with Gasteiger partial charge in [0, 0.05) is 11.7 Å². The number of para-hydroxylation sites is 1. The highest BCUT2D eigenvalue weighted by Gasteiger charge is 2.44. The number of rotatable bonds is 9. The third-order valence-corrected chi connectivity index (χ3v) is 5.95. The predicted octanol–water partition coefficient (Wildman–Crippen LogP) is 6.18. The van der Waals surface area contributed by atoms with Crippen molar-refractivity contribution in [3.05, 3.63) is 59.7 Å². The third kappa shape index (κ3) is 4.42. The van der Waals surface area contributed by atoms with Crippen LogP contribution in [-0.4, -0.2) is 23.5 Å². The zero-order valence-corrected chi connectivity index (χ0v) is 18.2. The minimum absolute atomic E-state index is 0.0763.